The fourth-order valence-corrected chi connectivity index (χ4v) is 2.58. The zero-order valence-corrected chi connectivity index (χ0v) is 15.1. The maximum absolute atomic E-state index is 13.4. The lowest BCUT2D eigenvalue weighted by Gasteiger charge is -2.10. The molecule has 0 saturated heterocycles. The van der Waals surface area contributed by atoms with E-state index in [1.807, 2.05) is 0 Å². The quantitative estimate of drug-likeness (QED) is 0.244. The van der Waals surface area contributed by atoms with E-state index in [2.05, 4.69) is 4.74 Å². The highest BCUT2D eigenvalue weighted by Gasteiger charge is 2.41. The first kappa shape index (κ1) is 21.7. The summed E-state index contributed by atoms with van der Waals surface area (Å²) < 4.78 is 101. The number of ether oxygens (including phenoxy) is 1. The maximum Gasteiger partial charge on any atom is 0.450 e. The second-order valence-electron chi connectivity index (χ2n) is 5.92. The third-order valence-corrected chi connectivity index (χ3v) is 4.00. The lowest BCUT2D eigenvalue weighted by atomic mass is 10.1. The molecule has 158 valence electrons. The SMILES string of the molecule is O=C(Oc1cc(F)cc(C(F)(F)F)c1)c1cc(-c2ccc(Cl)cc2)oc1C(F)(F)F. The number of alkyl halides is 6. The number of hydrogen-bond acceptors (Lipinski definition) is 3. The van der Waals surface area contributed by atoms with Gasteiger partial charge in [-0.2, -0.15) is 26.3 Å². The van der Waals surface area contributed by atoms with Gasteiger partial charge in [0.25, 0.3) is 0 Å². The Labute approximate surface area is 168 Å². The fraction of sp³-hybridized carbons (Fsp3) is 0.105. The molecule has 0 spiro atoms. The van der Waals surface area contributed by atoms with Gasteiger partial charge in [0.05, 0.1) is 5.56 Å². The normalized spacial score (nSPS) is 12.1. The molecule has 0 bridgehead atoms. The van der Waals surface area contributed by atoms with E-state index < -0.39 is 46.8 Å². The molecule has 1 heterocycles. The van der Waals surface area contributed by atoms with E-state index in [0.717, 1.165) is 6.07 Å². The number of benzene rings is 2. The first-order valence-electron chi connectivity index (χ1n) is 7.91. The number of carbonyl (C=O) groups excluding carboxylic acids is 1. The zero-order valence-electron chi connectivity index (χ0n) is 14.4. The molecule has 0 saturated carbocycles. The van der Waals surface area contributed by atoms with Crippen LogP contribution in [0.1, 0.15) is 21.7 Å². The van der Waals surface area contributed by atoms with E-state index in [9.17, 15) is 35.5 Å². The van der Waals surface area contributed by atoms with Crippen molar-refractivity contribution in [3.8, 4) is 17.1 Å². The van der Waals surface area contributed by atoms with Crippen LogP contribution in [-0.4, -0.2) is 5.97 Å². The summed E-state index contributed by atoms with van der Waals surface area (Å²) in [5.74, 6) is -6.07. The fourth-order valence-electron chi connectivity index (χ4n) is 2.46. The molecule has 11 heteroatoms. The van der Waals surface area contributed by atoms with Gasteiger partial charge in [0.1, 0.15) is 22.9 Å². The molecule has 2 aromatic carbocycles. The predicted molar refractivity (Wildman–Crippen MR) is 90.5 cm³/mol. The van der Waals surface area contributed by atoms with E-state index in [1.165, 1.54) is 24.3 Å². The van der Waals surface area contributed by atoms with Crippen molar-refractivity contribution < 1.29 is 44.7 Å². The van der Waals surface area contributed by atoms with Crippen molar-refractivity contribution in [2.45, 2.75) is 12.4 Å². The second kappa shape index (κ2) is 7.67. The molecule has 0 radical (unpaired) electrons. The van der Waals surface area contributed by atoms with Crippen molar-refractivity contribution in [3.63, 3.8) is 0 Å². The van der Waals surface area contributed by atoms with Crippen molar-refractivity contribution in [2.75, 3.05) is 0 Å². The standard InChI is InChI=1S/C19H8ClF7O3/c20-11-3-1-9(2-4-11)15-8-14(16(30-15)19(25,26)27)17(28)29-13-6-10(18(22,23)24)5-12(21)7-13/h1-8H. The first-order valence-corrected chi connectivity index (χ1v) is 8.29. The topological polar surface area (TPSA) is 39.4 Å². The molecule has 0 N–H and O–H groups in total. The number of esters is 1. The van der Waals surface area contributed by atoms with Crippen LogP contribution < -0.4 is 4.74 Å². The number of halogens is 8. The number of hydrogen-bond donors (Lipinski definition) is 0. The Bertz CT molecular complexity index is 1080. The number of furan rings is 1. The molecule has 0 aliphatic heterocycles. The van der Waals surface area contributed by atoms with Crippen molar-refractivity contribution in [2.24, 2.45) is 0 Å². The van der Waals surface area contributed by atoms with Gasteiger partial charge < -0.3 is 9.15 Å². The Morgan fingerprint density at radius 1 is 0.900 bits per heavy atom. The minimum atomic E-state index is -5.11. The van der Waals surface area contributed by atoms with Gasteiger partial charge in [-0.25, -0.2) is 9.18 Å². The third kappa shape index (κ3) is 4.76. The molecule has 0 aliphatic carbocycles. The molecule has 0 unspecified atom stereocenters. The van der Waals surface area contributed by atoms with Crippen molar-refractivity contribution >= 4 is 17.6 Å². The average Bonchev–Trinajstić information content (AvgIpc) is 3.07. The second-order valence-corrected chi connectivity index (χ2v) is 6.36. The first-order chi connectivity index (χ1) is 13.8. The van der Waals surface area contributed by atoms with Crippen LogP contribution in [-0.2, 0) is 12.4 Å². The van der Waals surface area contributed by atoms with Crippen LogP contribution in [0.15, 0.2) is 52.9 Å². The van der Waals surface area contributed by atoms with Crippen LogP contribution in [0.25, 0.3) is 11.3 Å². The Kier molecular flexibility index (Phi) is 5.55. The molecule has 0 aliphatic rings. The smallest absolute Gasteiger partial charge is 0.450 e. The lowest BCUT2D eigenvalue weighted by molar-refractivity contribution is -0.153. The summed E-state index contributed by atoms with van der Waals surface area (Å²) in [5.41, 5.74) is -2.42. The van der Waals surface area contributed by atoms with Gasteiger partial charge in [0.2, 0.25) is 5.76 Å². The van der Waals surface area contributed by atoms with Crippen LogP contribution in [0.4, 0.5) is 30.7 Å². The highest BCUT2D eigenvalue weighted by atomic mass is 35.5. The number of carbonyl (C=O) groups is 1. The predicted octanol–water partition coefficient (Wildman–Crippen LogP) is 7.00. The monoisotopic (exact) mass is 452 g/mol. The minimum absolute atomic E-state index is 0.147. The maximum atomic E-state index is 13.4. The summed E-state index contributed by atoms with van der Waals surface area (Å²) in [7, 11) is 0. The van der Waals surface area contributed by atoms with Crippen LogP contribution in [0.5, 0.6) is 5.75 Å². The molecule has 0 atom stereocenters. The average molecular weight is 453 g/mol. The summed E-state index contributed by atoms with van der Waals surface area (Å²) in [6.07, 6.45) is -10.1. The molecule has 3 aromatic rings. The van der Waals surface area contributed by atoms with Gasteiger partial charge in [-0.15, -0.1) is 0 Å². The molecule has 0 fully saturated rings. The molecule has 1 aromatic heterocycles. The van der Waals surface area contributed by atoms with E-state index in [-0.39, 0.29) is 23.5 Å². The molecule has 3 nitrogen and oxygen atoms in total. The van der Waals surface area contributed by atoms with Gasteiger partial charge in [0, 0.05) is 16.7 Å². The van der Waals surface area contributed by atoms with E-state index in [1.54, 1.807) is 0 Å². The van der Waals surface area contributed by atoms with Gasteiger partial charge in [0.15, 0.2) is 0 Å². The van der Waals surface area contributed by atoms with Crippen LogP contribution in [0, 0.1) is 5.82 Å². The van der Waals surface area contributed by atoms with Crippen molar-refractivity contribution in [1.82, 2.24) is 0 Å². The Morgan fingerprint density at radius 3 is 2.10 bits per heavy atom. The summed E-state index contributed by atoms with van der Waals surface area (Å²) in [5, 5.41) is 0.299. The van der Waals surface area contributed by atoms with Crippen LogP contribution in [0.3, 0.4) is 0 Å². The Hall–Kier alpha value is -3.01. The molecule has 30 heavy (non-hydrogen) atoms. The Morgan fingerprint density at radius 2 is 1.53 bits per heavy atom. The van der Waals surface area contributed by atoms with Crippen LogP contribution in [0.2, 0.25) is 5.02 Å². The summed E-state index contributed by atoms with van der Waals surface area (Å²) in [6.45, 7) is 0. The third-order valence-electron chi connectivity index (χ3n) is 3.75. The molecular weight excluding hydrogens is 445 g/mol. The van der Waals surface area contributed by atoms with E-state index in [4.69, 9.17) is 16.0 Å². The van der Waals surface area contributed by atoms with Gasteiger partial charge in [-0.1, -0.05) is 11.6 Å². The van der Waals surface area contributed by atoms with Gasteiger partial charge in [-0.3, -0.25) is 0 Å². The largest absolute Gasteiger partial charge is 0.451 e. The Balaban J connectivity index is 1.99. The summed E-state index contributed by atoms with van der Waals surface area (Å²) in [6, 6.07) is 6.99. The van der Waals surface area contributed by atoms with Gasteiger partial charge in [-0.05, 0) is 42.5 Å². The summed E-state index contributed by atoms with van der Waals surface area (Å²) in [4.78, 5) is 12.2. The number of rotatable bonds is 3. The van der Waals surface area contributed by atoms with Gasteiger partial charge >= 0.3 is 18.3 Å². The van der Waals surface area contributed by atoms with E-state index in [0.29, 0.717) is 11.1 Å². The highest BCUT2D eigenvalue weighted by Crippen LogP contribution is 2.38. The van der Waals surface area contributed by atoms with Crippen molar-refractivity contribution in [3.05, 3.63) is 76.3 Å². The highest BCUT2D eigenvalue weighted by molar-refractivity contribution is 6.30. The minimum Gasteiger partial charge on any atom is -0.451 e. The van der Waals surface area contributed by atoms with Crippen molar-refractivity contribution in [1.29, 1.82) is 0 Å². The van der Waals surface area contributed by atoms with E-state index >= 15 is 0 Å². The zero-order chi connectivity index (χ0) is 22.3. The molecule has 0 amide bonds. The lowest BCUT2D eigenvalue weighted by Crippen LogP contribution is -2.15. The van der Waals surface area contributed by atoms with Crippen LogP contribution >= 0.6 is 11.6 Å². The molecule has 3 rings (SSSR count). The summed E-state index contributed by atoms with van der Waals surface area (Å²) >= 11 is 5.71. The molecular formula is C19H8ClF7O3.